The van der Waals surface area contributed by atoms with Crippen LogP contribution in [0.3, 0.4) is 0 Å². The molecule has 0 atom stereocenters. The van der Waals surface area contributed by atoms with Gasteiger partial charge in [-0.1, -0.05) is 12.1 Å². The average molecular weight is 440 g/mol. The number of aromatic nitrogens is 6. The quantitative estimate of drug-likeness (QED) is 0.460. The van der Waals surface area contributed by atoms with Gasteiger partial charge in [0.25, 0.3) is 0 Å². The van der Waals surface area contributed by atoms with Gasteiger partial charge in [-0.25, -0.2) is 9.36 Å². The van der Waals surface area contributed by atoms with Gasteiger partial charge in [0.2, 0.25) is 0 Å². The third-order valence-corrected chi connectivity index (χ3v) is 4.70. The molecule has 164 valence electrons. The molecule has 0 saturated carbocycles. The molecular formula is C21H19F3N8. The predicted octanol–water partition coefficient (Wildman–Crippen LogP) is 3.76. The molecule has 0 aliphatic heterocycles. The van der Waals surface area contributed by atoms with Crippen LogP contribution in [0, 0.1) is 0 Å². The monoisotopic (exact) mass is 440 g/mol. The predicted molar refractivity (Wildman–Crippen MR) is 114 cm³/mol. The second kappa shape index (κ2) is 8.61. The van der Waals surface area contributed by atoms with Crippen LogP contribution < -0.4 is 5.73 Å². The maximum atomic E-state index is 12.6. The molecule has 0 fully saturated rings. The zero-order chi connectivity index (χ0) is 22.7. The number of rotatable bonds is 6. The Kier molecular flexibility index (Phi) is 5.71. The van der Waals surface area contributed by atoms with Crippen molar-refractivity contribution < 1.29 is 13.2 Å². The van der Waals surface area contributed by atoms with Gasteiger partial charge in [0.05, 0.1) is 35.8 Å². The lowest BCUT2D eigenvalue weighted by Crippen LogP contribution is -2.20. The molecule has 0 spiro atoms. The van der Waals surface area contributed by atoms with Gasteiger partial charge in [-0.2, -0.15) is 18.3 Å². The van der Waals surface area contributed by atoms with E-state index in [0.717, 1.165) is 28.5 Å². The summed E-state index contributed by atoms with van der Waals surface area (Å²) in [5.74, 6) is 0. The van der Waals surface area contributed by atoms with Crippen molar-refractivity contribution in [3.63, 3.8) is 0 Å². The smallest absolute Gasteiger partial charge is 0.395 e. The molecule has 0 unspecified atom stereocenters. The average Bonchev–Trinajstić information content (AvgIpc) is 3.43. The normalized spacial score (nSPS) is 13.1. The highest BCUT2D eigenvalue weighted by Gasteiger charge is 2.31. The largest absolute Gasteiger partial charge is 0.430 e. The zero-order valence-corrected chi connectivity index (χ0v) is 17.0. The molecule has 4 rings (SSSR count). The molecule has 0 radical (unpaired) electrons. The lowest BCUT2D eigenvalue weighted by atomic mass is 10.2. The van der Waals surface area contributed by atoms with Gasteiger partial charge in [-0.3, -0.25) is 9.98 Å². The summed E-state index contributed by atoms with van der Waals surface area (Å²) in [6, 6.07) is 11.3. The summed E-state index contributed by atoms with van der Waals surface area (Å²) in [7, 11) is 0. The van der Waals surface area contributed by atoms with Crippen molar-refractivity contribution in [2.24, 2.45) is 10.7 Å². The van der Waals surface area contributed by atoms with Gasteiger partial charge in [0.15, 0.2) is 0 Å². The van der Waals surface area contributed by atoms with E-state index in [0.29, 0.717) is 12.1 Å². The molecule has 0 saturated heterocycles. The van der Waals surface area contributed by atoms with Gasteiger partial charge in [0, 0.05) is 11.9 Å². The number of pyridine rings is 1. The summed E-state index contributed by atoms with van der Waals surface area (Å²) in [6.45, 7) is 1.80. The number of allylic oxidation sites excluding steroid dienone is 2. The number of nitrogens with zero attached hydrogens (tertiary/aromatic N) is 7. The topological polar surface area (TPSA) is 99.8 Å². The van der Waals surface area contributed by atoms with E-state index in [2.05, 4.69) is 25.4 Å². The minimum atomic E-state index is -4.58. The van der Waals surface area contributed by atoms with E-state index >= 15 is 0 Å². The fourth-order valence-corrected chi connectivity index (χ4v) is 3.01. The van der Waals surface area contributed by atoms with Gasteiger partial charge in [-0.05, 0) is 48.9 Å². The Morgan fingerprint density at radius 2 is 1.91 bits per heavy atom. The van der Waals surface area contributed by atoms with Crippen LogP contribution >= 0.6 is 0 Å². The SMILES string of the molecule is CCC(C=C(N)C(F)(F)F)=NCc1cn(-c2ccc(-n3ncc4ncccc43)cc2)nn1. The Morgan fingerprint density at radius 3 is 2.62 bits per heavy atom. The molecule has 3 heterocycles. The lowest BCUT2D eigenvalue weighted by Gasteiger charge is -2.06. The molecule has 32 heavy (non-hydrogen) atoms. The Balaban J connectivity index is 1.50. The van der Waals surface area contributed by atoms with Crippen molar-refractivity contribution in [2.45, 2.75) is 26.1 Å². The summed E-state index contributed by atoms with van der Waals surface area (Å²) in [6.07, 6.45) is 1.67. The van der Waals surface area contributed by atoms with Gasteiger partial charge in [0.1, 0.15) is 16.9 Å². The van der Waals surface area contributed by atoms with Gasteiger partial charge >= 0.3 is 6.18 Å². The van der Waals surface area contributed by atoms with Gasteiger partial charge < -0.3 is 5.73 Å². The fourth-order valence-electron chi connectivity index (χ4n) is 3.01. The molecule has 2 N–H and O–H groups in total. The number of nitrogens with two attached hydrogens (primary N) is 1. The van der Waals surface area contributed by atoms with Crippen molar-refractivity contribution >= 4 is 16.7 Å². The van der Waals surface area contributed by atoms with Crippen LogP contribution in [-0.2, 0) is 6.54 Å². The van der Waals surface area contributed by atoms with Gasteiger partial charge in [-0.15, -0.1) is 5.10 Å². The van der Waals surface area contributed by atoms with E-state index in [9.17, 15) is 13.2 Å². The first-order valence-electron chi connectivity index (χ1n) is 9.73. The molecule has 11 heteroatoms. The molecule has 0 aliphatic carbocycles. The summed E-state index contributed by atoms with van der Waals surface area (Å²) >= 11 is 0. The van der Waals surface area contributed by atoms with E-state index in [-0.39, 0.29) is 12.3 Å². The highest BCUT2D eigenvalue weighted by Crippen LogP contribution is 2.21. The van der Waals surface area contributed by atoms with E-state index < -0.39 is 11.9 Å². The molecule has 0 aliphatic rings. The van der Waals surface area contributed by atoms with Crippen LogP contribution in [-0.4, -0.2) is 41.6 Å². The Morgan fingerprint density at radius 1 is 1.16 bits per heavy atom. The Bertz CT molecular complexity index is 1280. The summed E-state index contributed by atoms with van der Waals surface area (Å²) in [4.78, 5) is 8.45. The number of hydrogen-bond acceptors (Lipinski definition) is 6. The summed E-state index contributed by atoms with van der Waals surface area (Å²) < 4.78 is 41.2. The van der Waals surface area contributed by atoms with Crippen molar-refractivity contribution in [3.05, 3.63) is 72.5 Å². The van der Waals surface area contributed by atoms with Crippen LogP contribution in [0.2, 0.25) is 0 Å². The van der Waals surface area contributed by atoms with E-state index in [1.165, 1.54) is 0 Å². The highest BCUT2D eigenvalue weighted by molar-refractivity contribution is 5.95. The lowest BCUT2D eigenvalue weighted by molar-refractivity contribution is -0.0925. The molecular weight excluding hydrogens is 421 g/mol. The molecule has 0 amide bonds. The summed E-state index contributed by atoms with van der Waals surface area (Å²) in [5.41, 5.74) is 7.97. The standard InChI is InChI=1S/C21H19F3N8/c1-2-14(10-20(25)21(22,23)24)27-11-15-13-31(30-29-15)16-5-7-17(8-6-16)32-19-4-3-9-26-18(19)12-28-32/h3-10,12-13H,2,11,25H2,1H3. The minimum Gasteiger partial charge on any atom is -0.395 e. The first kappa shape index (κ1) is 21.2. The number of halogens is 3. The number of fused-ring (bicyclic) bond motifs is 1. The van der Waals surface area contributed by atoms with Crippen LogP contribution in [0.1, 0.15) is 19.0 Å². The van der Waals surface area contributed by atoms with Crippen molar-refractivity contribution in [3.8, 4) is 11.4 Å². The second-order valence-electron chi connectivity index (χ2n) is 6.89. The van der Waals surface area contributed by atoms with E-state index in [1.807, 2.05) is 36.4 Å². The second-order valence-corrected chi connectivity index (χ2v) is 6.89. The van der Waals surface area contributed by atoms with E-state index in [1.54, 1.807) is 34.9 Å². The molecule has 4 aromatic rings. The number of hydrogen-bond donors (Lipinski definition) is 1. The fraction of sp³-hybridized carbons (Fsp3) is 0.190. The van der Waals surface area contributed by atoms with Crippen molar-refractivity contribution in [1.29, 1.82) is 0 Å². The van der Waals surface area contributed by atoms with Crippen LogP contribution in [0.4, 0.5) is 13.2 Å². The zero-order valence-electron chi connectivity index (χ0n) is 17.0. The number of alkyl halides is 3. The van der Waals surface area contributed by atoms with Crippen LogP contribution in [0.15, 0.2) is 71.8 Å². The molecule has 0 bridgehead atoms. The molecule has 1 aromatic carbocycles. The highest BCUT2D eigenvalue weighted by atomic mass is 19.4. The maximum Gasteiger partial charge on any atom is 0.430 e. The van der Waals surface area contributed by atoms with E-state index in [4.69, 9.17) is 5.73 Å². The van der Waals surface area contributed by atoms with Crippen molar-refractivity contribution in [1.82, 2.24) is 29.8 Å². The Hall–Kier alpha value is -4.02. The first-order chi connectivity index (χ1) is 15.3. The Labute approximate surface area is 180 Å². The van der Waals surface area contributed by atoms with Crippen LogP contribution in [0.5, 0.6) is 0 Å². The number of aliphatic imine (C=N–C) groups is 1. The third kappa shape index (κ3) is 4.51. The third-order valence-electron chi connectivity index (χ3n) is 4.70. The molecule has 8 nitrogen and oxygen atoms in total. The molecule has 3 aromatic heterocycles. The van der Waals surface area contributed by atoms with Crippen molar-refractivity contribution in [2.75, 3.05) is 0 Å². The van der Waals surface area contributed by atoms with Crippen LogP contribution in [0.25, 0.3) is 22.4 Å². The first-order valence-corrected chi connectivity index (χ1v) is 9.73. The minimum absolute atomic E-state index is 0.0924. The summed E-state index contributed by atoms with van der Waals surface area (Å²) in [5, 5.41) is 12.5. The number of benzene rings is 1. The maximum absolute atomic E-state index is 12.6.